The third kappa shape index (κ3) is 3.03. The second-order valence-corrected chi connectivity index (χ2v) is 2.21. The molecule has 0 aromatic rings. The lowest BCUT2D eigenvalue weighted by atomic mass is 10.5. The molecule has 0 aromatic carbocycles. The molecule has 1 atom stereocenters. The molecule has 0 rings (SSSR count). The summed E-state index contributed by atoms with van der Waals surface area (Å²) < 4.78 is 0. The lowest BCUT2D eigenvalue weighted by molar-refractivity contribution is 1.54. The van der Waals surface area contributed by atoms with Gasteiger partial charge in [0.25, 0.3) is 0 Å². The minimum absolute atomic E-state index is 0.364. The van der Waals surface area contributed by atoms with Gasteiger partial charge in [0, 0.05) is 10.4 Å². The van der Waals surface area contributed by atoms with Gasteiger partial charge in [-0.15, -0.1) is 11.6 Å². The Morgan fingerprint density at radius 2 is 2.29 bits per heavy atom. The van der Waals surface area contributed by atoms with E-state index >= 15 is 0 Å². The summed E-state index contributed by atoms with van der Waals surface area (Å²) in [4.78, 5) is 0. The van der Waals surface area contributed by atoms with E-state index in [9.17, 15) is 0 Å². The van der Waals surface area contributed by atoms with E-state index in [1.807, 2.05) is 0 Å². The van der Waals surface area contributed by atoms with Gasteiger partial charge >= 0.3 is 0 Å². The average Bonchev–Trinajstić information content (AvgIpc) is 1.65. The lowest BCUT2D eigenvalue weighted by Crippen LogP contribution is -1.94. The Balaban J connectivity index is 3.55. The molecule has 0 radical (unpaired) electrons. The fraction of sp³-hybridized carbons (Fsp3) is 0.250. The molecule has 7 heavy (non-hydrogen) atoms. The van der Waals surface area contributed by atoms with Crippen LogP contribution < -0.4 is 0 Å². The van der Waals surface area contributed by atoms with E-state index in [-0.39, 0.29) is 5.38 Å². The van der Waals surface area contributed by atoms with Crippen LogP contribution in [0, 0.1) is 0 Å². The van der Waals surface area contributed by atoms with Gasteiger partial charge in [-0.25, -0.2) is 0 Å². The Bertz CT molecular complexity index is 89.7. The van der Waals surface area contributed by atoms with Gasteiger partial charge in [0.2, 0.25) is 0 Å². The summed E-state index contributed by atoms with van der Waals surface area (Å²) in [6.07, 6.45) is 0. The van der Waals surface area contributed by atoms with Crippen molar-refractivity contribution in [1.82, 2.24) is 0 Å². The van der Waals surface area contributed by atoms with Crippen molar-refractivity contribution in [3.8, 4) is 0 Å². The van der Waals surface area contributed by atoms with Crippen molar-refractivity contribution < 1.29 is 0 Å². The third-order valence-electron chi connectivity index (χ3n) is 0.419. The molecule has 0 saturated heterocycles. The maximum Gasteiger partial charge on any atom is 0.0967 e. The molecule has 0 aliphatic heterocycles. The Morgan fingerprint density at radius 1 is 1.86 bits per heavy atom. The highest BCUT2D eigenvalue weighted by atomic mass is 35.5. The van der Waals surface area contributed by atoms with Crippen LogP contribution in [-0.2, 0) is 0 Å². The predicted molar refractivity (Wildman–Crippen MR) is 38.3 cm³/mol. The molecule has 0 aromatic heterocycles. The molecule has 0 heterocycles. The monoisotopic (exact) mass is 154 g/mol. The van der Waals surface area contributed by atoms with Crippen molar-refractivity contribution in [2.24, 2.45) is 0 Å². The fourth-order valence-corrected chi connectivity index (χ4v) is 0.376. The smallest absolute Gasteiger partial charge is 0.0967 e. The van der Waals surface area contributed by atoms with E-state index < -0.39 is 0 Å². The first-order valence-corrected chi connectivity index (χ1v) is 2.90. The average molecular weight is 155 g/mol. The molecule has 0 N–H and O–H groups in total. The van der Waals surface area contributed by atoms with E-state index in [4.69, 9.17) is 23.2 Å². The largest absolute Gasteiger partial charge is 0.111 e. The highest BCUT2D eigenvalue weighted by Crippen LogP contribution is 2.08. The van der Waals surface area contributed by atoms with Crippen LogP contribution in [0.2, 0.25) is 0 Å². The number of alkyl halides is 1. The van der Waals surface area contributed by atoms with Crippen molar-refractivity contribution in [1.29, 1.82) is 0 Å². The predicted octanol–water partition coefficient (Wildman–Crippen LogP) is 2.35. The lowest BCUT2D eigenvalue weighted by Gasteiger charge is -1.93. The Kier molecular flexibility index (Phi) is 3.62. The quantitative estimate of drug-likeness (QED) is 0.435. The molecule has 0 saturated carbocycles. The third-order valence-corrected chi connectivity index (χ3v) is 1.58. The van der Waals surface area contributed by atoms with Gasteiger partial charge in [0.1, 0.15) is 0 Å². The summed E-state index contributed by atoms with van der Waals surface area (Å²) in [7, 11) is 0. The zero-order chi connectivity index (χ0) is 5.86. The highest BCUT2D eigenvalue weighted by Gasteiger charge is 1.98. The second kappa shape index (κ2) is 3.42. The van der Waals surface area contributed by atoms with Crippen molar-refractivity contribution in [3.05, 3.63) is 11.6 Å². The maximum atomic E-state index is 5.41. The number of hydrogen-bond acceptors (Lipinski definition) is 1. The fourth-order valence-electron chi connectivity index (χ4n) is 0.0738. The van der Waals surface area contributed by atoms with Gasteiger partial charge in [0.15, 0.2) is 0 Å². The number of hydrogen-bond donors (Lipinski definition) is 0. The normalized spacial score (nSPS) is 12.9. The van der Waals surface area contributed by atoms with Gasteiger partial charge in [-0.3, -0.25) is 0 Å². The summed E-state index contributed by atoms with van der Waals surface area (Å²) in [6.45, 7) is 3.36. The number of allylic oxidation sites excluding steroid dienone is 1. The Hall–Kier alpha value is 0.410. The number of rotatable bonds is 2. The first kappa shape index (κ1) is 7.41. The molecule has 0 aliphatic rings. The van der Waals surface area contributed by atoms with E-state index in [1.54, 1.807) is 0 Å². The van der Waals surface area contributed by atoms with Crippen molar-refractivity contribution in [2.45, 2.75) is 5.38 Å². The highest BCUT2D eigenvalue weighted by molar-refractivity contribution is 7.79. The van der Waals surface area contributed by atoms with E-state index in [0.717, 1.165) is 0 Å². The first-order chi connectivity index (χ1) is 3.18. The SMILES string of the molecule is C=C(Cl)C(Cl)C=S. The molecule has 0 nitrogen and oxygen atoms in total. The summed E-state index contributed by atoms with van der Waals surface area (Å²) in [5.41, 5.74) is 0. The topological polar surface area (TPSA) is 0 Å². The molecule has 0 amide bonds. The molecule has 0 spiro atoms. The molecule has 0 bridgehead atoms. The van der Waals surface area contributed by atoms with Crippen LogP contribution in [0.3, 0.4) is 0 Å². The van der Waals surface area contributed by atoms with E-state index in [2.05, 4.69) is 18.8 Å². The molecule has 0 fully saturated rings. The van der Waals surface area contributed by atoms with Crippen molar-refractivity contribution in [2.75, 3.05) is 0 Å². The van der Waals surface area contributed by atoms with Gasteiger partial charge in [0.05, 0.1) is 5.38 Å². The van der Waals surface area contributed by atoms with Crippen LogP contribution in [0.4, 0.5) is 0 Å². The molecule has 40 valence electrons. The molecule has 3 heteroatoms. The van der Waals surface area contributed by atoms with Gasteiger partial charge in [-0.1, -0.05) is 30.4 Å². The second-order valence-electron chi connectivity index (χ2n) is 0.985. The molecule has 0 aliphatic carbocycles. The van der Waals surface area contributed by atoms with E-state index in [1.165, 1.54) is 5.37 Å². The minimum Gasteiger partial charge on any atom is -0.111 e. The zero-order valence-corrected chi connectivity index (χ0v) is 5.85. The van der Waals surface area contributed by atoms with Crippen LogP contribution in [0.1, 0.15) is 0 Å². The van der Waals surface area contributed by atoms with Crippen LogP contribution >= 0.6 is 35.4 Å². The van der Waals surface area contributed by atoms with E-state index in [0.29, 0.717) is 5.03 Å². The van der Waals surface area contributed by atoms with Crippen LogP contribution in [0.15, 0.2) is 11.6 Å². The van der Waals surface area contributed by atoms with Crippen LogP contribution in [-0.4, -0.2) is 10.7 Å². The zero-order valence-electron chi connectivity index (χ0n) is 3.53. The summed E-state index contributed by atoms with van der Waals surface area (Å²) in [5, 5.41) is 1.37. The van der Waals surface area contributed by atoms with Gasteiger partial charge in [-0.05, 0) is 0 Å². The number of thiocarbonyl (C=S) groups is 1. The van der Waals surface area contributed by atoms with Crippen LogP contribution in [0.25, 0.3) is 0 Å². The summed E-state index contributed by atoms with van der Waals surface area (Å²) >= 11 is 15.2. The van der Waals surface area contributed by atoms with Crippen molar-refractivity contribution >= 4 is 40.8 Å². The van der Waals surface area contributed by atoms with Crippen LogP contribution in [0.5, 0.6) is 0 Å². The maximum absolute atomic E-state index is 5.41. The molecular weight excluding hydrogens is 151 g/mol. The van der Waals surface area contributed by atoms with Gasteiger partial charge < -0.3 is 0 Å². The molecular formula is C4H4Cl2S. The Morgan fingerprint density at radius 3 is 2.29 bits per heavy atom. The first-order valence-electron chi connectivity index (χ1n) is 1.62. The Labute approximate surface area is 58.1 Å². The van der Waals surface area contributed by atoms with Gasteiger partial charge in [-0.2, -0.15) is 0 Å². The number of halogens is 2. The summed E-state index contributed by atoms with van der Waals surface area (Å²) in [6, 6.07) is 0. The van der Waals surface area contributed by atoms with Crippen molar-refractivity contribution in [3.63, 3.8) is 0 Å². The standard InChI is InChI=1S/C4H4Cl2S/c1-3(5)4(6)2-7/h2,4H,1H2. The molecule has 1 unspecified atom stereocenters. The minimum atomic E-state index is -0.364. The summed E-state index contributed by atoms with van der Waals surface area (Å²) in [5.74, 6) is 0.